The predicted octanol–water partition coefficient (Wildman–Crippen LogP) is 0.351. The predicted molar refractivity (Wildman–Crippen MR) is 105 cm³/mol. The van der Waals surface area contributed by atoms with Gasteiger partial charge in [0, 0.05) is 38.8 Å². The summed E-state index contributed by atoms with van der Waals surface area (Å²) in [6.45, 7) is 6.41. The SMILES string of the molecule is Cl.Cl.NCC(=O)N1CCC(N2CCCC(C(=O)N3CCOCC3)C2)CC1. The maximum absolute atomic E-state index is 12.7. The fraction of sp³-hybridized carbons (Fsp3) is 0.882. The Kier molecular flexibility index (Phi) is 10.2. The van der Waals surface area contributed by atoms with E-state index in [4.69, 9.17) is 10.5 Å². The van der Waals surface area contributed by atoms with Crippen LogP contribution in [0.15, 0.2) is 0 Å². The summed E-state index contributed by atoms with van der Waals surface area (Å²) < 4.78 is 5.35. The molecule has 0 aromatic heterocycles. The van der Waals surface area contributed by atoms with Crippen LogP contribution in [0.1, 0.15) is 25.7 Å². The van der Waals surface area contributed by atoms with Gasteiger partial charge in [-0.2, -0.15) is 0 Å². The summed E-state index contributed by atoms with van der Waals surface area (Å²) in [5, 5.41) is 0. The lowest BCUT2D eigenvalue weighted by Crippen LogP contribution is -2.53. The molecule has 3 heterocycles. The van der Waals surface area contributed by atoms with Crippen LogP contribution in [-0.4, -0.2) is 91.6 Å². The van der Waals surface area contributed by atoms with Gasteiger partial charge in [-0.25, -0.2) is 0 Å². The van der Waals surface area contributed by atoms with E-state index in [0.717, 1.165) is 65.0 Å². The number of morpholine rings is 1. The van der Waals surface area contributed by atoms with Gasteiger partial charge in [0.2, 0.25) is 11.8 Å². The van der Waals surface area contributed by atoms with Gasteiger partial charge in [-0.05, 0) is 32.2 Å². The number of nitrogens with two attached hydrogens (primary N) is 1. The van der Waals surface area contributed by atoms with Crippen molar-refractivity contribution in [3.8, 4) is 0 Å². The molecule has 0 aromatic rings. The number of ether oxygens (including phenoxy) is 1. The summed E-state index contributed by atoms with van der Waals surface area (Å²) in [5.41, 5.74) is 5.45. The van der Waals surface area contributed by atoms with E-state index in [1.54, 1.807) is 0 Å². The highest BCUT2D eigenvalue weighted by molar-refractivity contribution is 5.85. The Morgan fingerprint density at radius 1 is 0.923 bits per heavy atom. The third-order valence-corrected chi connectivity index (χ3v) is 5.63. The molecule has 0 saturated carbocycles. The molecular formula is C17H32Cl2N4O3. The first-order valence-electron chi connectivity index (χ1n) is 9.27. The van der Waals surface area contributed by atoms with Gasteiger partial charge in [0.1, 0.15) is 0 Å². The van der Waals surface area contributed by atoms with E-state index in [0.29, 0.717) is 25.2 Å². The molecule has 26 heavy (non-hydrogen) atoms. The van der Waals surface area contributed by atoms with Crippen molar-refractivity contribution in [2.24, 2.45) is 11.7 Å². The van der Waals surface area contributed by atoms with Crippen molar-refractivity contribution in [2.75, 3.05) is 59.0 Å². The zero-order valence-electron chi connectivity index (χ0n) is 15.3. The Hall–Kier alpha value is -0.600. The van der Waals surface area contributed by atoms with Crippen molar-refractivity contribution < 1.29 is 14.3 Å². The zero-order chi connectivity index (χ0) is 16.9. The number of hydrogen-bond acceptors (Lipinski definition) is 5. The number of hydrogen-bond donors (Lipinski definition) is 1. The van der Waals surface area contributed by atoms with E-state index < -0.39 is 0 Å². The highest BCUT2D eigenvalue weighted by atomic mass is 35.5. The van der Waals surface area contributed by atoms with Gasteiger partial charge in [0.05, 0.1) is 25.7 Å². The summed E-state index contributed by atoms with van der Waals surface area (Å²) in [4.78, 5) is 30.8. The molecule has 0 radical (unpaired) electrons. The van der Waals surface area contributed by atoms with Crippen LogP contribution in [-0.2, 0) is 14.3 Å². The van der Waals surface area contributed by atoms with Crippen molar-refractivity contribution in [3.63, 3.8) is 0 Å². The minimum Gasteiger partial charge on any atom is -0.378 e. The number of carbonyl (C=O) groups is 2. The highest BCUT2D eigenvalue weighted by Crippen LogP contribution is 2.25. The van der Waals surface area contributed by atoms with Crippen molar-refractivity contribution in [1.82, 2.24) is 14.7 Å². The third-order valence-electron chi connectivity index (χ3n) is 5.63. The molecule has 3 fully saturated rings. The van der Waals surface area contributed by atoms with Gasteiger partial charge in [0.25, 0.3) is 0 Å². The maximum Gasteiger partial charge on any atom is 0.236 e. The molecule has 3 aliphatic rings. The highest BCUT2D eigenvalue weighted by Gasteiger charge is 2.34. The molecule has 1 atom stereocenters. The van der Waals surface area contributed by atoms with E-state index in [1.165, 1.54) is 0 Å². The molecular weight excluding hydrogens is 379 g/mol. The third kappa shape index (κ3) is 5.70. The Morgan fingerprint density at radius 2 is 1.58 bits per heavy atom. The average molecular weight is 411 g/mol. The second kappa shape index (κ2) is 11.3. The van der Waals surface area contributed by atoms with Crippen LogP contribution in [0.3, 0.4) is 0 Å². The molecule has 3 aliphatic heterocycles. The van der Waals surface area contributed by atoms with Gasteiger partial charge < -0.3 is 20.3 Å². The van der Waals surface area contributed by atoms with E-state index in [9.17, 15) is 9.59 Å². The largest absolute Gasteiger partial charge is 0.378 e. The van der Waals surface area contributed by atoms with E-state index in [2.05, 4.69) is 4.90 Å². The standard InChI is InChI=1S/C17H30N4O3.2ClH/c18-12-16(22)19-6-3-15(4-7-19)21-5-1-2-14(13-21)17(23)20-8-10-24-11-9-20;;/h14-15H,1-13,18H2;2*1H. The maximum atomic E-state index is 12.7. The van der Waals surface area contributed by atoms with Crippen molar-refractivity contribution in [3.05, 3.63) is 0 Å². The molecule has 0 spiro atoms. The molecule has 0 aromatic carbocycles. The first-order valence-corrected chi connectivity index (χ1v) is 9.27. The van der Waals surface area contributed by atoms with Crippen LogP contribution in [0.5, 0.6) is 0 Å². The van der Waals surface area contributed by atoms with Gasteiger partial charge >= 0.3 is 0 Å². The number of nitrogens with zero attached hydrogens (tertiary/aromatic N) is 3. The van der Waals surface area contributed by atoms with Crippen LogP contribution in [0.25, 0.3) is 0 Å². The molecule has 1 unspecified atom stereocenters. The van der Waals surface area contributed by atoms with Crippen LogP contribution in [0.4, 0.5) is 0 Å². The van der Waals surface area contributed by atoms with Crippen LogP contribution in [0, 0.1) is 5.92 Å². The Labute approximate surface area is 168 Å². The van der Waals surface area contributed by atoms with Crippen molar-refractivity contribution >= 4 is 36.6 Å². The van der Waals surface area contributed by atoms with Crippen molar-refractivity contribution in [2.45, 2.75) is 31.7 Å². The van der Waals surface area contributed by atoms with Gasteiger partial charge in [0.15, 0.2) is 0 Å². The minimum absolute atomic E-state index is 0. The fourth-order valence-corrected chi connectivity index (χ4v) is 4.19. The minimum atomic E-state index is 0. The fourth-order valence-electron chi connectivity index (χ4n) is 4.19. The molecule has 2 amide bonds. The van der Waals surface area contributed by atoms with E-state index in [1.807, 2.05) is 9.80 Å². The van der Waals surface area contributed by atoms with Crippen LogP contribution in [0.2, 0.25) is 0 Å². The van der Waals surface area contributed by atoms with E-state index >= 15 is 0 Å². The second-order valence-electron chi connectivity index (χ2n) is 7.09. The molecule has 2 N–H and O–H groups in total. The lowest BCUT2D eigenvalue weighted by atomic mass is 9.92. The lowest BCUT2D eigenvalue weighted by Gasteiger charge is -2.43. The smallest absolute Gasteiger partial charge is 0.236 e. The Morgan fingerprint density at radius 3 is 2.19 bits per heavy atom. The normalized spacial score (nSPS) is 25.2. The average Bonchev–Trinajstić information content (AvgIpc) is 2.67. The Bertz CT molecular complexity index is 455. The first-order chi connectivity index (χ1) is 11.7. The Balaban J connectivity index is 0.00000169. The summed E-state index contributed by atoms with van der Waals surface area (Å²) in [5.74, 6) is 0.478. The number of amides is 2. The number of carbonyl (C=O) groups excluding carboxylic acids is 2. The van der Waals surface area contributed by atoms with E-state index in [-0.39, 0.29) is 43.2 Å². The summed E-state index contributed by atoms with van der Waals surface area (Å²) >= 11 is 0. The van der Waals surface area contributed by atoms with Crippen LogP contribution < -0.4 is 5.73 Å². The molecule has 0 aliphatic carbocycles. The molecule has 9 heteroatoms. The van der Waals surface area contributed by atoms with Gasteiger partial charge in [-0.15, -0.1) is 24.8 Å². The number of rotatable bonds is 3. The summed E-state index contributed by atoms with van der Waals surface area (Å²) in [7, 11) is 0. The number of likely N-dealkylation sites (tertiary alicyclic amines) is 2. The lowest BCUT2D eigenvalue weighted by molar-refractivity contribution is -0.142. The van der Waals surface area contributed by atoms with Crippen LogP contribution >= 0.6 is 24.8 Å². The quantitative estimate of drug-likeness (QED) is 0.725. The monoisotopic (exact) mass is 410 g/mol. The molecule has 152 valence electrons. The zero-order valence-corrected chi connectivity index (χ0v) is 16.9. The number of piperidine rings is 2. The van der Waals surface area contributed by atoms with Crippen molar-refractivity contribution in [1.29, 1.82) is 0 Å². The van der Waals surface area contributed by atoms with Gasteiger partial charge in [-0.3, -0.25) is 14.5 Å². The molecule has 7 nitrogen and oxygen atoms in total. The topological polar surface area (TPSA) is 79.1 Å². The molecule has 3 rings (SSSR count). The summed E-state index contributed by atoms with van der Waals surface area (Å²) in [6.07, 6.45) is 4.06. The molecule has 0 bridgehead atoms. The second-order valence-corrected chi connectivity index (χ2v) is 7.09. The number of halogens is 2. The first kappa shape index (κ1) is 23.4. The van der Waals surface area contributed by atoms with Gasteiger partial charge in [-0.1, -0.05) is 0 Å². The molecule has 3 saturated heterocycles. The summed E-state index contributed by atoms with van der Waals surface area (Å²) in [6, 6.07) is 0.493.